The maximum Gasteiger partial charge on any atom is 0.0674 e. The molecule has 0 amide bonds. The Kier molecular flexibility index (Phi) is 3.29. The Balaban J connectivity index is 0. The lowest BCUT2D eigenvalue weighted by molar-refractivity contribution is -0.818. The summed E-state index contributed by atoms with van der Waals surface area (Å²) < 4.78 is -0.250. The third-order valence-corrected chi connectivity index (χ3v) is 0. The van der Waals surface area contributed by atoms with E-state index in [0.717, 1.165) is 0 Å². The number of nitrogens with zero attached hydrogens (tertiary/aromatic N) is 1. The molecule has 0 aliphatic carbocycles. The van der Waals surface area contributed by atoms with Crippen molar-refractivity contribution in [1.82, 2.24) is 0 Å². The van der Waals surface area contributed by atoms with Gasteiger partial charge in [-0.1, -0.05) is 0 Å². The van der Waals surface area contributed by atoms with Crippen molar-refractivity contribution in [2.45, 2.75) is 0 Å². The maximum atomic E-state index is 10.0. The van der Waals surface area contributed by atoms with Gasteiger partial charge < -0.3 is 15.3 Å². The number of rotatable bonds is 0. The van der Waals surface area contributed by atoms with Crippen LogP contribution in [0.25, 0.3) is 0 Å². The fraction of sp³-hybridized carbons (Fsp3) is 1.00. The van der Waals surface area contributed by atoms with Crippen LogP contribution in [-0.4, -0.2) is 31.3 Å². The van der Waals surface area contributed by atoms with Gasteiger partial charge in [0.05, 0.1) is 21.1 Å². The molecule has 0 heterocycles. The first kappa shape index (κ1) is 9.30. The van der Waals surface area contributed by atoms with Crippen LogP contribution in [0.2, 0.25) is 0 Å². The molecule has 3 heteroatoms. The highest BCUT2D eigenvalue weighted by Crippen LogP contribution is 1.77. The molecular formula is C3H11NO2. The van der Waals surface area contributed by atoms with Crippen LogP contribution in [-0.2, 0) is 0 Å². The molecular weight excluding hydrogens is 85.0 g/mol. The standard InChI is InChI=1S/C3H9NO.H2O/c1-4(2,3)5;/h1-3H3;1H2/i1+1,2+1,3+1;. The van der Waals surface area contributed by atoms with Crippen LogP contribution in [0.15, 0.2) is 0 Å². The predicted octanol–water partition coefficient (Wildman–Crippen LogP) is -0.634. The molecule has 0 radical (unpaired) electrons. The second-order valence-corrected chi connectivity index (χ2v) is 1.89. The van der Waals surface area contributed by atoms with Crippen molar-refractivity contribution in [3.63, 3.8) is 0 Å². The average Bonchev–Trinajstić information content (AvgIpc) is 0.722. The zero-order valence-electron chi connectivity index (χ0n) is 4.36. The number of quaternary nitrogens is 1. The highest BCUT2D eigenvalue weighted by molar-refractivity contribution is 4.05. The molecule has 0 unspecified atom stereocenters. The van der Waals surface area contributed by atoms with Gasteiger partial charge in [0.1, 0.15) is 0 Å². The van der Waals surface area contributed by atoms with Crippen LogP contribution in [0.3, 0.4) is 0 Å². The highest BCUT2D eigenvalue weighted by atomic mass is 16.6. The Labute approximate surface area is 37.7 Å². The fourth-order valence-corrected chi connectivity index (χ4v) is 0. The maximum absolute atomic E-state index is 10.0. The van der Waals surface area contributed by atoms with Crippen LogP contribution in [0.5, 0.6) is 0 Å². The van der Waals surface area contributed by atoms with Crippen molar-refractivity contribution >= 4 is 0 Å². The van der Waals surface area contributed by atoms with Gasteiger partial charge in [0.15, 0.2) is 0 Å². The number of hydroxylamine groups is 3. The Morgan fingerprint density at radius 2 is 1.17 bits per heavy atom. The third kappa shape index (κ3) is 2230. The second-order valence-electron chi connectivity index (χ2n) is 1.89. The summed E-state index contributed by atoms with van der Waals surface area (Å²) in [5.41, 5.74) is 0. The summed E-state index contributed by atoms with van der Waals surface area (Å²) in [5, 5.41) is 10.0. The molecule has 0 aromatic heterocycles. The fourth-order valence-electron chi connectivity index (χ4n) is 0. The molecule has 0 aliphatic heterocycles. The van der Waals surface area contributed by atoms with Crippen molar-refractivity contribution in [2.24, 2.45) is 0 Å². The summed E-state index contributed by atoms with van der Waals surface area (Å²) in [6, 6.07) is 0. The Morgan fingerprint density at radius 1 is 1.17 bits per heavy atom. The molecule has 0 aliphatic rings. The van der Waals surface area contributed by atoms with Gasteiger partial charge in [-0.25, -0.2) is 0 Å². The summed E-state index contributed by atoms with van der Waals surface area (Å²) in [6.45, 7) is 0. The first-order valence-corrected chi connectivity index (χ1v) is 1.52. The van der Waals surface area contributed by atoms with E-state index in [0.29, 0.717) is 0 Å². The van der Waals surface area contributed by atoms with Gasteiger partial charge >= 0.3 is 0 Å². The summed E-state index contributed by atoms with van der Waals surface area (Å²) in [6.07, 6.45) is 0. The molecule has 0 spiro atoms. The van der Waals surface area contributed by atoms with Gasteiger partial charge in [-0.05, 0) is 0 Å². The lowest BCUT2D eigenvalue weighted by Gasteiger charge is -2.27. The van der Waals surface area contributed by atoms with E-state index in [-0.39, 0.29) is 10.1 Å². The zero-order chi connectivity index (χ0) is 4.50. The van der Waals surface area contributed by atoms with Crippen LogP contribution in [0, 0.1) is 5.21 Å². The SMILES string of the molecule is O.[13CH3][N+]([13CH3])([13CH3])[O-]. The van der Waals surface area contributed by atoms with Crippen LogP contribution in [0.1, 0.15) is 0 Å². The minimum Gasteiger partial charge on any atom is -0.633 e. The van der Waals surface area contributed by atoms with E-state index in [4.69, 9.17) is 0 Å². The quantitative estimate of drug-likeness (QED) is 0.225. The van der Waals surface area contributed by atoms with Gasteiger partial charge in [-0.3, -0.25) is 0 Å². The second kappa shape index (κ2) is 2.12. The lowest BCUT2D eigenvalue weighted by Crippen LogP contribution is -2.25. The summed E-state index contributed by atoms with van der Waals surface area (Å²) >= 11 is 0. The minimum absolute atomic E-state index is 0. The Hall–Kier alpha value is -0.120. The van der Waals surface area contributed by atoms with Crippen LogP contribution >= 0.6 is 0 Å². The van der Waals surface area contributed by atoms with Crippen LogP contribution in [0.4, 0.5) is 0 Å². The average molecular weight is 96.1 g/mol. The van der Waals surface area contributed by atoms with Gasteiger partial charge in [0.25, 0.3) is 0 Å². The first-order valence-electron chi connectivity index (χ1n) is 1.52. The van der Waals surface area contributed by atoms with Crippen molar-refractivity contribution in [3.05, 3.63) is 5.21 Å². The van der Waals surface area contributed by atoms with Crippen molar-refractivity contribution in [1.29, 1.82) is 0 Å². The van der Waals surface area contributed by atoms with E-state index in [9.17, 15) is 5.21 Å². The van der Waals surface area contributed by atoms with E-state index in [1.807, 2.05) is 0 Å². The molecule has 6 heavy (non-hydrogen) atoms. The molecule has 40 valence electrons. The Bertz CT molecular complexity index is 24.3. The largest absolute Gasteiger partial charge is 0.633 e. The molecule has 0 saturated carbocycles. The molecule has 2 N–H and O–H groups in total. The van der Waals surface area contributed by atoms with Crippen molar-refractivity contribution in [3.8, 4) is 0 Å². The Morgan fingerprint density at radius 3 is 1.17 bits per heavy atom. The highest BCUT2D eigenvalue weighted by Gasteiger charge is 1.79. The number of hydrogen-bond acceptors (Lipinski definition) is 1. The van der Waals surface area contributed by atoms with Crippen LogP contribution < -0.4 is 0 Å². The van der Waals surface area contributed by atoms with E-state index in [1.54, 1.807) is 21.1 Å². The monoisotopic (exact) mass is 96.1 g/mol. The topological polar surface area (TPSA) is 54.6 Å². The van der Waals surface area contributed by atoms with E-state index < -0.39 is 0 Å². The van der Waals surface area contributed by atoms with Gasteiger partial charge in [0.2, 0.25) is 0 Å². The first-order chi connectivity index (χ1) is 2.00. The van der Waals surface area contributed by atoms with Gasteiger partial charge in [0, 0.05) is 0 Å². The van der Waals surface area contributed by atoms with Crippen molar-refractivity contribution in [2.75, 3.05) is 21.1 Å². The summed E-state index contributed by atoms with van der Waals surface area (Å²) in [4.78, 5) is 0. The molecule has 0 aromatic rings. The molecule has 0 atom stereocenters. The number of hydrogen-bond donors (Lipinski definition) is 0. The summed E-state index contributed by atoms with van der Waals surface area (Å²) in [5.74, 6) is 0. The van der Waals surface area contributed by atoms with E-state index in [1.165, 1.54) is 0 Å². The molecule has 0 fully saturated rings. The van der Waals surface area contributed by atoms with Gasteiger partial charge in [-0.2, -0.15) is 0 Å². The zero-order valence-corrected chi connectivity index (χ0v) is 4.36. The molecule has 0 saturated heterocycles. The predicted molar refractivity (Wildman–Crippen MR) is 25.0 cm³/mol. The molecule has 3 nitrogen and oxygen atoms in total. The normalized spacial score (nSPS) is 10.0. The van der Waals surface area contributed by atoms with E-state index in [2.05, 4.69) is 0 Å². The molecule has 0 aromatic carbocycles. The summed E-state index contributed by atoms with van der Waals surface area (Å²) in [7, 11) is 4.71. The lowest BCUT2D eigenvalue weighted by atomic mass is 11.6. The minimum atomic E-state index is -0.250. The van der Waals surface area contributed by atoms with Crippen molar-refractivity contribution < 1.29 is 10.1 Å². The smallest absolute Gasteiger partial charge is 0.0674 e. The molecule has 0 rings (SSSR count). The molecule has 0 bridgehead atoms. The van der Waals surface area contributed by atoms with Gasteiger partial charge in [-0.15, -0.1) is 0 Å². The third-order valence-electron chi connectivity index (χ3n) is 0. The van der Waals surface area contributed by atoms with E-state index >= 15 is 0 Å².